The van der Waals surface area contributed by atoms with Crippen molar-refractivity contribution in [3.63, 3.8) is 0 Å². The summed E-state index contributed by atoms with van der Waals surface area (Å²) in [6, 6.07) is 12.6. The van der Waals surface area contributed by atoms with Crippen LogP contribution < -0.4 is 10.1 Å². The zero-order valence-electron chi connectivity index (χ0n) is 17.5. The molecule has 0 spiro atoms. The highest BCUT2D eigenvalue weighted by Gasteiger charge is 2.26. The Morgan fingerprint density at radius 3 is 2.34 bits per heavy atom. The summed E-state index contributed by atoms with van der Waals surface area (Å²) in [5.41, 5.74) is 2.74. The molecule has 0 aliphatic heterocycles. The van der Waals surface area contributed by atoms with E-state index in [9.17, 15) is 9.59 Å². The van der Waals surface area contributed by atoms with Crippen LogP contribution >= 0.6 is 11.6 Å². The number of hydrogen-bond acceptors (Lipinski definition) is 3. The number of carbonyl (C=O) groups is 2. The van der Waals surface area contributed by atoms with Gasteiger partial charge in [-0.25, -0.2) is 0 Å². The summed E-state index contributed by atoms with van der Waals surface area (Å²) in [6.07, 6.45) is 0.837. The van der Waals surface area contributed by atoms with Gasteiger partial charge in [-0.2, -0.15) is 0 Å². The summed E-state index contributed by atoms with van der Waals surface area (Å²) in [5, 5.41) is 3.55. The fraction of sp³-hybridized carbons (Fsp3) is 0.391. The van der Waals surface area contributed by atoms with Crippen molar-refractivity contribution in [1.29, 1.82) is 0 Å². The summed E-state index contributed by atoms with van der Waals surface area (Å²) in [5.74, 6) is 0.160. The molecular formula is C23H29ClN2O3. The number of hydrogen-bond donors (Lipinski definition) is 1. The van der Waals surface area contributed by atoms with E-state index in [2.05, 4.69) is 5.32 Å². The number of benzene rings is 2. The molecule has 0 bridgehead atoms. The predicted octanol–water partition coefficient (Wildman–Crippen LogP) is 4.28. The van der Waals surface area contributed by atoms with Gasteiger partial charge in [0.15, 0.2) is 6.61 Å². The lowest BCUT2D eigenvalue weighted by Gasteiger charge is -2.28. The van der Waals surface area contributed by atoms with Crippen LogP contribution in [0.1, 0.15) is 37.0 Å². The number of ether oxygens (including phenoxy) is 1. The topological polar surface area (TPSA) is 58.6 Å². The van der Waals surface area contributed by atoms with Crippen LogP contribution in [0.25, 0.3) is 0 Å². The van der Waals surface area contributed by atoms with Crippen LogP contribution in [0, 0.1) is 13.8 Å². The van der Waals surface area contributed by atoms with Gasteiger partial charge in [0.1, 0.15) is 11.8 Å². The van der Waals surface area contributed by atoms with Gasteiger partial charge in [-0.3, -0.25) is 9.59 Å². The first-order valence-electron chi connectivity index (χ1n) is 9.84. The summed E-state index contributed by atoms with van der Waals surface area (Å²) < 4.78 is 5.73. The second-order valence-corrected chi connectivity index (χ2v) is 7.51. The molecule has 0 saturated carbocycles. The average molecular weight is 417 g/mol. The van der Waals surface area contributed by atoms with Crippen molar-refractivity contribution in [1.82, 2.24) is 10.2 Å². The Kier molecular flexibility index (Phi) is 8.52. The van der Waals surface area contributed by atoms with Gasteiger partial charge in [-0.1, -0.05) is 48.9 Å². The summed E-state index contributed by atoms with van der Waals surface area (Å²) >= 11 is 6.20. The van der Waals surface area contributed by atoms with E-state index in [1.807, 2.05) is 63.2 Å². The third-order valence-electron chi connectivity index (χ3n) is 4.68. The van der Waals surface area contributed by atoms with E-state index in [0.717, 1.165) is 23.1 Å². The molecule has 2 rings (SSSR count). The highest BCUT2D eigenvalue weighted by atomic mass is 35.5. The van der Waals surface area contributed by atoms with E-state index in [1.165, 1.54) is 0 Å². The van der Waals surface area contributed by atoms with Crippen molar-refractivity contribution in [2.75, 3.05) is 13.2 Å². The predicted molar refractivity (Wildman–Crippen MR) is 116 cm³/mol. The molecule has 29 heavy (non-hydrogen) atoms. The fourth-order valence-corrected chi connectivity index (χ4v) is 3.09. The highest BCUT2D eigenvalue weighted by molar-refractivity contribution is 6.32. The molecule has 0 aliphatic rings. The van der Waals surface area contributed by atoms with Crippen LogP contribution in [0.4, 0.5) is 0 Å². The van der Waals surface area contributed by atoms with Gasteiger partial charge in [-0.15, -0.1) is 0 Å². The largest absolute Gasteiger partial charge is 0.484 e. The van der Waals surface area contributed by atoms with Crippen molar-refractivity contribution in [2.45, 2.75) is 46.7 Å². The van der Waals surface area contributed by atoms with Gasteiger partial charge >= 0.3 is 0 Å². The summed E-state index contributed by atoms with van der Waals surface area (Å²) in [6.45, 7) is 8.28. The van der Waals surface area contributed by atoms with E-state index in [4.69, 9.17) is 16.3 Å². The average Bonchev–Trinajstić information content (AvgIpc) is 2.72. The number of amides is 2. The molecule has 2 amide bonds. The van der Waals surface area contributed by atoms with Crippen molar-refractivity contribution in [3.8, 4) is 5.75 Å². The molecule has 0 unspecified atom stereocenters. The minimum atomic E-state index is -0.605. The van der Waals surface area contributed by atoms with Crippen LogP contribution in [-0.2, 0) is 16.1 Å². The fourth-order valence-electron chi connectivity index (χ4n) is 2.98. The van der Waals surface area contributed by atoms with Gasteiger partial charge in [0.05, 0.1) is 0 Å². The maximum atomic E-state index is 13.0. The molecular weight excluding hydrogens is 388 g/mol. The minimum Gasteiger partial charge on any atom is -0.484 e. The molecule has 0 heterocycles. The smallest absolute Gasteiger partial charge is 0.261 e. The molecule has 1 N–H and O–H groups in total. The minimum absolute atomic E-state index is 0.154. The number of aryl methyl sites for hydroxylation is 2. The molecule has 5 nitrogen and oxygen atoms in total. The molecule has 0 aliphatic carbocycles. The number of carbonyl (C=O) groups excluding carboxylic acids is 2. The Balaban J connectivity index is 2.13. The Morgan fingerprint density at radius 2 is 1.76 bits per heavy atom. The molecule has 2 aromatic carbocycles. The van der Waals surface area contributed by atoms with Gasteiger partial charge in [0.25, 0.3) is 5.91 Å². The molecule has 2 aromatic rings. The van der Waals surface area contributed by atoms with E-state index >= 15 is 0 Å². The SMILES string of the molecule is CCCNC(=O)[C@@H](C)N(Cc1ccccc1)C(=O)COc1cc(C)c(Cl)c(C)c1. The maximum Gasteiger partial charge on any atom is 0.261 e. The van der Waals surface area contributed by atoms with Crippen LogP contribution in [0.15, 0.2) is 42.5 Å². The summed E-state index contributed by atoms with van der Waals surface area (Å²) in [7, 11) is 0. The third kappa shape index (κ3) is 6.50. The van der Waals surface area contributed by atoms with Crippen LogP contribution in [0.2, 0.25) is 5.02 Å². The van der Waals surface area contributed by atoms with Gasteiger partial charge in [-0.05, 0) is 56.0 Å². The lowest BCUT2D eigenvalue weighted by atomic mass is 10.1. The van der Waals surface area contributed by atoms with Crippen molar-refractivity contribution in [2.24, 2.45) is 0 Å². The van der Waals surface area contributed by atoms with Crippen LogP contribution in [-0.4, -0.2) is 35.9 Å². The Labute approximate surface area is 178 Å². The Bertz CT molecular complexity index is 816. The maximum absolute atomic E-state index is 13.0. The quantitative estimate of drug-likeness (QED) is 0.663. The zero-order chi connectivity index (χ0) is 21.4. The molecule has 156 valence electrons. The standard InChI is InChI=1S/C23H29ClN2O3/c1-5-11-25-23(28)18(4)26(14-19-9-7-6-8-10-19)21(27)15-29-20-12-16(2)22(24)17(3)13-20/h6-10,12-13,18H,5,11,14-15H2,1-4H3,(H,25,28)/t18-/m1/s1. The molecule has 6 heteroatoms. The molecule has 0 radical (unpaired) electrons. The highest BCUT2D eigenvalue weighted by Crippen LogP contribution is 2.26. The van der Waals surface area contributed by atoms with Gasteiger partial charge in [0, 0.05) is 18.1 Å². The molecule has 1 atom stereocenters. The van der Waals surface area contributed by atoms with Crippen molar-refractivity contribution >= 4 is 23.4 Å². The number of halogens is 1. The lowest BCUT2D eigenvalue weighted by Crippen LogP contribution is -2.49. The van der Waals surface area contributed by atoms with E-state index < -0.39 is 6.04 Å². The molecule has 0 saturated heterocycles. The normalized spacial score (nSPS) is 11.6. The van der Waals surface area contributed by atoms with E-state index in [0.29, 0.717) is 23.9 Å². The van der Waals surface area contributed by atoms with Crippen LogP contribution in [0.3, 0.4) is 0 Å². The number of rotatable bonds is 9. The van der Waals surface area contributed by atoms with Crippen molar-refractivity contribution < 1.29 is 14.3 Å². The second kappa shape index (κ2) is 10.9. The van der Waals surface area contributed by atoms with Crippen molar-refractivity contribution in [3.05, 3.63) is 64.2 Å². The molecule has 0 aromatic heterocycles. The second-order valence-electron chi connectivity index (χ2n) is 7.13. The number of nitrogens with one attached hydrogen (secondary N) is 1. The first-order valence-corrected chi connectivity index (χ1v) is 10.2. The first kappa shape index (κ1) is 22.8. The van der Waals surface area contributed by atoms with Gasteiger partial charge < -0.3 is 15.0 Å². The monoisotopic (exact) mass is 416 g/mol. The first-order chi connectivity index (χ1) is 13.8. The Morgan fingerprint density at radius 1 is 1.14 bits per heavy atom. The zero-order valence-corrected chi connectivity index (χ0v) is 18.3. The summed E-state index contributed by atoms with van der Waals surface area (Å²) in [4.78, 5) is 27.0. The van der Waals surface area contributed by atoms with Gasteiger partial charge in [0.2, 0.25) is 5.91 Å². The third-order valence-corrected chi connectivity index (χ3v) is 5.28. The number of nitrogens with zero attached hydrogens (tertiary/aromatic N) is 1. The van der Waals surface area contributed by atoms with E-state index in [-0.39, 0.29) is 18.4 Å². The van der Waals surface area contributed by atoms with Crippen LogP contribution in [0.5, 0.6) is 5.75 Å². The Hall–Kier alpha value is -2.53. The van der Waals surface area contributed by atoms with E-state index in [1.54, 1.807) is 11.8 Å². The molecule has 0 fully saturated rings. The lowest BCUT2D eigenvalue weighted by molar-refractivity contribution is -0.142.